The maximum atomic E-state index is 14.0. The summed E-state index contributed by atoms with van der Waals surface area (Å²) >= 11 is 7.62. The number of nitrogens with two attached hydrogens (primary N) is 1. The standard InChI is InChI=1S/C27H21ClN2O3S/c1-2-33-27(32)23-21(16-12-14-17(28)15-13-16)22-24(31)19-10-6-7-11-20(19)34-26(22)30(25(23)29)18-8-4-3-5-9-18/h3-15,21H,2,29H2,1H3. The molecule has 0 saturated carbocycles. The van der Waals surface area contributed by atoms with Crippen LogP contribution in [0.3, 0.4) is 0 Å². The van der Waals surface area contributed by atoms with E-state index in [-0.39, 0.29) is 23.4 Å². The first-order valence-electron chi connectivity index (χ1n) is 10.8. The third-order valence-corrected chi connectivity index (χ3v) is 7.25. The fourth-order valence-corrected chi connectivity index (χ4v) is 5.71. The molecule has 0 bridgehead atoms. The van der Waals surface area contributed by atoms with Crippen LogP contribution in [0.5, 0.6) is 0 Å². The molecule has 0 saturated heterocycles. The fourth-order valence-electron chi connectivity index (χ4n) is 4.34. The summed E-state index contributed by atoms with van der Waals surface area (Å²) in [5.41, 5.74) is 8.82. The number of ether oxygens (including phenoxy) is 1. The highest BCUT2D eigenvalue weighted by Crippen LogP contribution is 2.48. The first kappa shape index (κ1) is 22.2. The number of esters is 1. The second-order valence-corrected chi connectivity index (χ2v) is 9.29. The van der Waals surface area contributed by atoms with Gasteiger partial charge in [0.25, 0.3) is 0 Å². The molecular weight excluding hydrogens is 468 g/mol. The molecule has 1 atom stereocenters. The van der Waals surface area contributed by atoms with E-state index in [0.29, 0.717) is 21.0 Å². The molecule has 1 aromatic heterocycles. The van der Waals surface area contributed by atoms with Gasteiger partial charge in [-0.1, -0.05) is 54.1 Å². The number of hydrogen-bond acceptors (Lipinski definition) is 6. The predicted molar refractivity (Wildman–Crippen MR) is 138 cm³/mol. The number of para-hydroxylation sites is 1. The van der Waals surface area contributed by atoms with Crippen molar-refractivity contribution in [1.82, 2.24) is 0 Å². The van der Waals surface area contributed by atoms with Crippen molar-refractivity contribution in [2.45, 2.75) is 12.8 Å². The Balaban J connectivity index is 1.90. The monoisotopic (exact) mass is 488 g/mol. The van der Waals surface area contributed by atoms with Gasteiger partial charge in [-0.05, 0) is 48.9 Å². The smallest absolute Gasteiger partial charge is 0.338 e. The van der Waals surface area contributed by atoms with E-state index in [1.807, 2.05) is 66.7 Å². The molecule has 5 nitrogen and oxygen atoms in total. The van der Waals surface area contributed by atoms with Crippen LogP contribution in [0, 0.1) is 0 Å². The van der Waals surface area contributed by atoms with E-state index in [9.17, 15) is 9.59 Å². The minimum atomic E-state index is -0.695. The molecule has 0 amide bonds. The number of fused-ring (bicyclic) bond motifs is 2. The number of benzene rings is 3. The van der Waals surface area contributed by atoms with Crippen LogP contribution in [0.2, 0.25) is 5.02 Å². The van der Waals surface area contributed by atoms with Gasteiger partial charge in [-0.25, -0.2) is 4.79 Å². The van der Waals surface area contributed by atoms with Crippen molar-refractivity contribution in [2.75, 3.05) is 11.5 Å². The number of halogens is 1. The van der Waals surface area contributed by atoms with E-state index in [1.165, 1.54) is 11.3 Å². The first-order valence-corrected chi connectivity index (χ1v) is 12.0. The Labute approximate surface area is 205 Å². The van der Waals surface area contributed by atoms with E-state index < -0.39 is 11.9 Å². The molecule has 3 aromatic carbocycles. The summed E-state index contributed by atoms with van der Waals surface area (Å²) in [4.78, 5) is 29.1. The van der Waals surface area contributed by atoms with E-state index in [1.54, 1.807) is 24.0 Å². The lowest BCUT2D eigenvalue weighted by molar-refractivity contribution is -0.138. The summed E-state index contributed by atoms with van der Waals surface area (Å²) in [6, 6.07) is 24.1. The zero-order valence-electron chi connectivity index (χ0n) is 18.3. The van der Waals surface area contributed by atoms with Crippen molar-refractivity contribution in [1.29, 1.82) is 0 Å². The number of rotatable bonds is 4. The highest BCUT2D eigenvalue weighted by molar-refractivity contribution is 7.22. The lowest BCUT2D eigenvalue weighted by Gasteiger charge is -2.36. The third kappa shape index (κ3) is 3.65. The minimum absolute atomic E-state index is 0.139. The van der Waals surface area contributed by atoms with Crippen molar-refractivity contribution >= 4 is 49.7 Å². The number of carbonyl (C=O) groups is 1. The molecule has 170 valence electrons. The van der Waals surface area contributed by atoms with Gasteiger partial charge >= 0.3 is 5.97 Å². The predicted octanol–water partition coefficient (Wildman–Crippen LogP) is 5.93. The molecule has 2 heterocycles. The van der Waals surface area contributed by atoms with Crippen LogP contribution in [0.1, 0.15) is 24.0 Å². The molecular formula is C27H21ClN2O3S. The highest BCUT2D eigenvalue weighted by atomic mass is 35.5. The Morgan fingerprint density at radius 3 is 2.41 bits per heavy atom. The number of hydrogen-bond donors (Lipinski definition) is 1. The first-order chi connectivity index (χ1) is 16.5. The van der Waals surface area contributed by atoms with Crippen molar-refractivity contribution in [3.63, 3.8) is 0 Å². The Kier molecular flexibility index (Phi) is 5.86. The average molecular weight is 489 g/mol. The van der Waals surface area contributed by atoms with Gasteiger partial charge in [0.2, 0.25) is 0 Å². The van der Waals surface area contributed by atoms with Crippen molar-refractivity contribution in [3.05, 3.63) is 117 Å². The van der Waals surface area contributed by atoms with Gasteiger partial charge in [0.05, 0.1) is 18.1 Å². The van der Waals surface area contributed by atoms with E-state index >= 15 is 0 Å². The van der Waals surface area contributed by atoms with Crippen LogP contribution in [-0.2, 0) is 9.53 Å². The van der Waals surface area contributed by atoms with E-state index in [4.69, 9.17) is 22.1 Å². The van der Waals surface area contributed by atoms with Crippen molar-refractivity contribution < 1.29 is 9.53 Å². The zero-order chi connectivity index (χ0) is 23.8. The van der Waals surface area contributed by atoms with Gasteiger partial charge in [-0.2, -0.15) is 0 Å². The zero-order valence-corrected chi connectivity index (χ0v) is 19.9. The molecule has 0 fully saturated rings. The van der Waals surface area contributed by atoms with Crippen LogP contribution in [-0.4, -0.2) is 12.6 Å². The lowest BCUT2D eigenvalue weighted by Crippen LogP contribution is -2.37. The second kappa shape index (κ2) is 8.97. The molecule has 1 unspecified atom stereocenters. The van der Waals surface area contributed by atoms with Gasteiger partial charge in [0, 0.05) is 26.4 Å². The average Bonchev–Trinajstić information content (AvgIpc) is 2.85. The Morgan fingerprint density at radius 1 is 1.03 bits per heavy atom. The van der Waals surface area contributed by atoms with Gasteiger partial charge < -0.3 is 10.5 Å². The summed E-state index contributed by atoms with van der Waals surface area (Å²) in [5, 5.41) is 1.84. The van der Waals surface area contributed by atoms with Crippen LogP contribution in [0.15, 0.2) is 95.1 Å². The molecule has 1 aliphatic rings. The number of anilines is 2. The topological polar surface area (TPSA) is 72.6 Å². The van der Waals surface area contributed by atoms with Crippen LogP contribution >= 0.6 is 22.9 Å². The van der Waals surface area contributed by atoms with Crippen LogP contribution in [0.25, 0.3) is 10.1 Å². The molecule has 0 aliphatic carbocycles. The van der Waals surface area contributed by atoms with Gasteiger partial charge in [-0.15, -0.1) is 11.3 Å². The maximum absolute atomic E-state index is 14.0. The molecule has 7 heteroatoms. The third-order valence-electron chi connectivity index (χ3n) is 5.82. The highest BCUT2D eigenvalue weighted by Gasteiger charge is 2.40. The lowest BCUT2D eigenvalue weighted by atomic mass is 9.82. The number of carbonyl (C=O) groups excluding carboxylic acids is 1. The molecule has 2 N–H and O–H groups in total. The van der Waals surface area contributed by atoms with Crippen molar-refractivity contribution in [3.8, 4) is 0 Å². The maximum Gasteiger partial charge on any atom is 0.338 e. The summed E-state index contributed by atoms with van der Waals surface area (Å²) < 4.78 is 6.27. The van der Waals surface area contributed by atoms with Gasteiger partial charge in [-0.3, -0.25) is 9.69 Å². The fraction of sp³-hybridized carbons (Fsp3) is 0.111. The molecule has 0 radical (unpaired) electrons. The Bertz CT molecular complexity index is 1480. The largest absolute Gasteiger partial charge is 0.463 e. The minimum Gasteiger partial charge on any atom is -0.463 e. The Morgan fingerprint density at radius 2 is 1.71 bits per heavy atom. The quantitative estimate of drug-likeness (QED) is 0.360. The SMILES string of the molecule is CCOC(=O)C1=C(N)N(c2ccccc2)c2sc3ccccc3c(=O)c2C1c1ccc(Cl)cc1. The molecule has 1 aliphatic heterocycles. The summed E-state index contributed by atoms with van der Waals surface area (Å²) in [6.45, 7) is 1.93. The van der Waals surface area contributed by atoms with E-state index in [2.05, 4.69) is 0 Å². The summed E-state index contributed by atoms with van der Waals surface area (Å²) in [7, 11) is 0. The van der Waals surface area contributed by atoms with E-state index in [0.717, 1.165) is 16.0 Å². The molecule has 0 spiro atoms. The van der Waals surface area contributed by atoms with Gasteiger partial charge in [0.15, 0.2) is 5.43 Å². The summed E-state index contributed by atoms with van der Waals surface area (Å²) in [5.74, 6) is -1.01. The Hall–Kier alpha value is -3.61. The van der Waals surface area contributed by atoms with Crippen molar-refractivity contribution in [2.24, 2.45) is 5.73 Å². The molecule has 5 rings (SSSR count). The molecule has 4 aromatic rings. The number of nitrogens with zero attached hydrogens (tertiary/aromatic N) is 1. The molecule has 34 heavy (non-hydrogen) atoms. The van der Waals surface area contributed by atoms with Gasteiger partial charge in [0.1, 0.15) is 10.8 Å². The second-order valence-electron chi connectivity index (χ2n) is 7.82. The van der Waals surface area contributed by atoms with Crippen LogP contribution in [0.4, 0.5) is 10.7 Å². The van der Waals surface area contributed by atoms with Crippen LogP contribution < -0.4 is 16.1 Å². The summed E-state index contributed by atoms with van der Waals surface area (Å²) in [6.07, 6.45) is 0. The normalized spacial score (nSPS) is 15.4.